The summed E-state index contributed by atoms with van der Waals surface area (Å²) in [4.78, 5) is 22.7. The highest BCUT2D eigenvalue weighted by atomic mass is 35.5. The average molecular weight is 477 g/mol. The zero-order chi connectivity index (χ0) is 23.0. The lowest BCUT2D eigenvalue weighted by molar-refractivity contribution is 0.0292. The molecule has 1 amide bonds. The van der Waals surface area contributed by atoms with Crippen LogP contribution < -0.4 is 5.32 Å². The lowest BCUT2D eigenvalue weighted by Crippen LogP contribution is -2.35. The number of benzene rings is 2. The van der Waals surface area contributed by atoms with E-state index in [1.54, 1.807) is 4.90 Å². The summed E-state index contributed by atoms with van der Waals surface area (Å²) < 4.78 is 20.0. The van der Waals surface area contributed by atoms with E-state index in [1.165, 1.54) is 18.5 Å². The number of amides is 1. The van der Waals surface area contributed by atoms with E-state index in [2.05, 4.69) is 15.3 Å². The monoisotopic (exact) mass is 476 g/mol. The molecule has 1 atom stereocenters. The Labute approximate surface area is 195 Å². The Morgan fingerprint density at radius 1 is 1.22 bits per heavy atom. The van der Waals surface area contributed by atoms with Gasteiger partial charge in [-0.15, -0.1) is 0 Å². The summed E-state index contributed by atoms with van der Waals surface area (Å²) >= 11 is 11.8. The third kappa shape index (κ3) is 4.74. The van der Waals surface area contributed by atoms with E-state index in [0.717, 1.165) is 17.4 Å². The number of ether oxygens (including phenoxy) is 1. The Kier molecular flexibility index (Phi) is 6.14. The molecule has 0 saturated carbocycles. The topological polar surface area (TPSA) is 67.3 Å². The molecule has 1 N–H and O–H groups in total. The van der Waals surface area contributed by atoms with Crippen molar-refractivity contribution >= 4 is 51.7 Å². The van der Waals surface area contributed by atoms with Gasteiger partial charge in [0, 0.05) is 24.4 Å². The first kappa shape index (κ1) is 22.6. The standard InChI is InChI=1S/C23H23Cl2FN4O2/c1-23(2,3)32-22(31)30-9-8-14(11-30)13-4-6-17-15(10-13)21(28-12-27-17)29-18-7-5-16(24)19(25)20(18)26/h4-7,10,12,14H,8-9,11H2,1-3H3,(H,27,28,29)/t14-/m0/s1. The van der Waals surface area contributed by atoms with Gasteiger partial charge >= 0.3 is 6.09 Å². The largest absolute Gasteiger partial charge is 0.444 e. The first-order valence-corrected chi connectivity index (χ1v) is 11.0. The minimum atomic E-state index is -0.647. The summed E-state index contributed by atoms with van der Waals surface area (Å²) in [7, 11) is 0. The Bertz CT molecular complexity index is 1180. The molecule has 4 rings (SSSR count). The maximum atomic E-state index is 14.5. The fourth-order valence-corrected chi connectivity index (χ4v) is 4.01. The summed E-state index contributed by atoms with van der Waals surface area (Å²) in [5, 5.41) is 3.73. The smallest absolute Gasteiger partial charge is 0.410 e. The van der Waals surface area contributed by atoms with Gasteiger partial charge in [0.15, 0.2) is 5.82 Å². The van der Waals surface area contributed by atoms with E-state index in [1.807, 2.05) is 39.0 Å². The lowest BCUT2D eigenvalue weighted by atomic mass is 9.97. The number of nitrogens with zero attached hydrogens (tertiary/aromatic N) is 3. The molecule has 1 aliphatic rings. The molecule has 1 aromatic heterocycles. The molecule has 1 saturated heterocycles. The van der Waals surface area contributed by atoms with Crippen LogP contribution in [0.3, 0.4) is 0 Å². The fraction of sp³-hybridized carbons (Fsp3) is 0.348. The Morgan fingerprint density at radius 2 is 2.00 bits per heavy atom. The Hall–Kier alpha value is -2.64. The maximum Gasteiger partial charge on any atom is 0.410 e. The molecule has 1 aliphatic heterocycles. The highest BCUT2D eigenvalue weighted by Gasteiger charge is 2.30. The molecule has 3 aromatic rings. The highest BCUT2D eigenvalue weighted by Crippen LogP contribution is 2.34. The predicted molar refractivity (Wildman–Crippen MR) is 124 cm³/mol. The van der Waals surface area contributed by atoms with Crippen LogP contribution in [0.4, 0.5) is 20.7 Å². The van der Waals surface area contributed by atoms with Crippen molar-refractivity contribution in [3.05, 3.63) is 58.1 Å². The van der Waals surface area contributed by atoms with E-state index in [9.17, 15) is 9.18 Å². The predicted octanol–water partition coefficient (Wildman–Crippen LogP) is 6.54. The number of carbonyl (C=O) groups excluding carboxylic acids is 1. The van der Waals surface area contributed by atoms with Gasteiger partial charge < -0.3 is 15.0 Å². The van der Waals surface area contributed by atoms with E-state index < -0.39 is 11.4 Å². The van der Waals surface area contributed by atoms with Crippen molar-refractivity contribution in [2.75, 3.05) is 18.4 Å². The number of likely N-dealkylation sites (tertiary alicyclic amines) is 1. The van der Waals surface area contributed by atoms with E-state index in [4.69, 9.17) is 27.9 Å². The highest BCUT2D eigenvalue weighted by molar-refractivity contribution is 6.42. The van der Waals surface area contributed by atoms with Crippen molar-refractivity contribution in [2.45, 2.75) is 38.7 Å². The van der Waals surface area contributed by atoms with Crippen LogP contribution in [-0.2, 0) is 4.74 Å². The number of carbonyl (C=O) groups is 1. The number of hydrogen-bond acceptors (Lipinski definition) is 5. The van der Waals surface area contributed by atoms with E-state index in [-0.39, 0.29) is 27.7 Å². The zero-order valence-electron chi connectivity index (χ0n) is 18.0. The lowest BCUT2D eigenvalue weighted by Gasteiger charge is -2.24. The SMILES string of the molecule is CC(C)(C)OC(=O)N1CC[C@H](c2ccc3ncnc(Nc4ccc(Cl)c(Cl)c4F)c3c2)C1. The molecule has 2 aromatic carbocycles. The molecule has 0 aliphatic carbocycles. The number of fused-ring (bicyclic) bond motifs is 1. The Morgan fingerprint density at radius 3 is 2.75 bits per heavy atom. The second kappa shape index (κ2) is 8.71. The molecule has 2 heterocycles. The molecular weight excluding hydrogens is 454 g/mol. The van der Waals surface area contributed by atoms with Crippen LogP contribution in [-0.4, -0.2) is 39.7 Å². The van der Waals surface area contributed by atoms with Crippen molar-refractivity contribution in [1.29, 1.82) is 0 Å². The fourth-order valence-electron chi connectivity index (χ4n) is 3.70. The van der Waals surface area contributed by atoms with Crippen LogP contribution >= 0.6 is 23.2 Å². The van der Waals surface area contributed by atoms with Gasteiger partial charge in [-0.2, -0.15) is 0 Å². The summed E-state index contributed by atoms with van der Waals surface area (Å²) in [6.45, 7) is 6.76. The van der Waals surface area contributed by atoms with Crippen LogP contribution in [0.15, 0.2) is 36.7 Å². The second-order valence-electron chi connectivity index (χ2n) is 8.76. The van der Waals surface area contributed by atoms with Crippen molar-refractivity contribution in [2.24, 2.45) is 0 Å². The quantitative estimate of drug-likeness (QED) is 0.434. The van der Waals surface area contributed by atoms with Gasteiger partial charge in [0.25, 0.3) is 0 Å². The van der Waals surface area contributed by atoms with E-state index in [0.29, 0.717) is 24.4 Å². The summed E-state index contributed by atoms with van der Waals surface area (Å²) in [5.74, 6) is -0.0382. The van der Waals surface area contributed by atoms with Gasteiger partial charge in [-0.1, -0.05) is 29.3 Å². The van der Waals surface area contributed by atoms with Crippen LogP contribution in [0.25, 0.3) is 10.9 Å². The van der Waals surface area contributed by atoms with Gasteiger partial charge in [-0.25, -0.2) is 19.2 Å². The molecule has 9 heteroatoms. The normalized spacial score (nSPS) is 16.4. The minimum absolute atomic E-state index is 0.139. The Balaban J connectivity index is 1.60. The molecule has 32 heavy (non-hydrogen) atoms. The average Bonchev–Trinajstić information content (AvgIpc) is 3.23. The van der Waals surface area contributed by atoms with Gasteiger partial charge in [0.2, 0.25) is 0 Å². The molecule has 0 unspecified atom stereocenters. The maximum absolute atomic E-state index is 14.5. The summed E-state index contributed by atoms with van der Waals surface area (Å²) in [6, 6.07) is 8.92. The third-order valence-corrected chi connectivity index (χ3v) is 6.04. The van der Waals surface area contributed by atoms with Crippen LogP contribution in [0, 0.1) is 5.82 Å². The molecule has 1 fully saturated rings. The molecule has 0 bridgehead atoms. The second-order valence-corrected chi connectivity index (χ2v) is 9.54. The molecule has 6 nitrogen and oxygen atoms in total. The van der Waals surface area contributed by atoms with Crippen molar-refractivity contribution in [1.82, 2.24) is 14.9 Å². The van der Waals surface area contributed by atoms with Crippen molar-refractivity contribution in [3.63, 3.8) is 0 Å². The third-order valence-electron chi connectivity index (χ3n) is 5.26. The first-order chi connectivity index (χ1) is 15.1. The van der Waals surface area contributed by atoms with Crippen LogP contribution in [0.5, 0.6) is 0 Å². The minimum Gasteiger partial charge on any atom is -0.444 e. The molecule has 168 valence electrons. The number of nitrogens with one attached hydrogen (secondary N) is 1. The summed E-state index contributed by atoms with van der Waals surface area (Å²) in [6.07, 6.45) is 1.93. The van der Waals surface area contributed by atoms with Gasteiger partial charge in [-0.3, -0.25) is 0 Å². The number of rotatable bonds is 3. The number of aromatic nitrogens is 2. The van der Waals surface area contributed by atoms with E-state index >= 15 is 0 Å². The van der Waals surface area contributed by atoms with Crippen LogP contribution in [0.2, 0.25) is 10.0 Å². The van der Waals surface area contributed by atoms with Crippen molar-refractivity contribution < 1.29 is 13.9 Å². The zero-order valence-corrected chi connectivity index (χ0v) is 19.5. The summed E-state index contributed by atoms with van der Waals surface area (Å²) in [5.41, 5.74) is 1.40. The first-order valence-electron chi connectivity index (χ1n) is 10.3. The van der Waals surface area contributed by atoms with Gasteiger partial charge in [0.05, 0.1) is 21.2 Å². The number of anilines is 2. The van der Waals surface area contributed by atoms with Crippen LogP contribution in [0.1, 0.15) is 38.7 Å². The molecule has 0 radical (unpaired) electrons. The van der Waals surface area contributed by atoms with Gasteiger partial charge in [-0.05, 0) is 57.0 Å². The van der Waals surface area contributed by atoms with Crippen molar-refractivity contribution in [3.8, 4) is 0 Å². The molecular formula is C23H23Cl2FN4O2. The van der Waals surface area contributed by atoms with Gasteiger partial charge in [0.1, 0.15) is 17.7 Å². The number of hydrogen-bond donors (Lipinski definition) is 1. The number of halogens is 3. The molecule has 0 spiro atoms.